The number of carbonyl (C=O) groups excluding carboxylic acids is 1. The van der Waals surface area contributed by atoms with Crippen LogP contribution in [0.5, 0.6) is 5.75 Å². The van der Waals surface area contributed by atoms with Gasteiger partial charge >= 0.3 is 0 Å². The van der Waals surface area contributed by atoms with Crippen molar-refractivity contribution in [3.05, 3.63) is 18.3 Å². The zero-order valence-electron chi connectivity index (χ0n) is 8.98. The minimum absolute atomic E-state index is 0.0434. The van der Waals surface area contributed by atoms with Crippen LogP contribution in [0.2, 0.25) is 0 Å². The zero-order chi connectivity index (χ0) is 11.0. The van der Waals surface area contributed by atoms with Gasteiger partial charge in [-0.25, -0.2) is 4.98 Å². The number of aromatic nitrogens is 1. The standard InChI is InChI=1S/C12H14N2O2/c15-12-10(8-4-1-2-5-8)16-9-6-3-7-13-11(9)14-12/h3,6-8,10H,1-2,4-5H2,(H,13,14,15). The Labute approximate surface area is 94.0 Å². The highest BCUT2D eigenvalue weighted by atomic mass is 16.5. The Hall–Kier alpha value is -1.58. The molecule has 2 aliphatic rings. The maximum absolute atomic E-state index is 11.9. The molecule has 1 aliphatic heterocycles. The predicted molar refractivity (Wildman–Crippen MR) is 59.2 cm³/mol. The highest BCUT2D eigenvalue weighted by molar-refractivity contribution is 5.96. The van der Waals surface area contributed by atoms with Gasteiger partial charge in [-0.1, -0.05) is 12.8 Å². The van der Waals surface area contributed by atoms with Crippen molar-refractivity contribution in [2.24, 2.45) is 5.92 Å². The van der Waals surface area contributed by atoms with Crippen molar-refractivity contribution in [1.29, 1.82) is 0 Å². The number of amides is 1. The van der Waals surface area contributed by atoms with Gasteiger partial charge in [-0.15, -0.1) is 0 Å². The molecule has 16 heavy (non-hydrogen) atoms. The maximum Gasteiger partial charge on any atom is 0.266 e. The molecule has 4 heteroatoms. The van der Waals surface area contributed by atoms with Crippen LogP contribution in [-0.2, 0) is 4.79 Å². The lowest BCUT2D eigenvalue weighted by atomic mass is 9.99. The SMILES string of the molecule is O=C1Nc2ncccc2OC1C1CCCC1. The van der Waals surface area contributed by atoms with E-state index in [1.54, 1.807) is 6.20 Å². The van der Waals surface area contributed by atoms with E-state index in [4.69, 9.17) is 4.74 Å². The van der Waals surface area contributed by atoms with E-state index in [1.165, 1.54) is 12.8 Å². The lowest BCUT2D eigenvalue weighted by molar-refractivity contribution is -0.125. The summed E-state index contributed by atoms with van der Waals surface area (Å²) in [6, 6.07) is 3.67. The van der Waals surface area contributed by atoms with E-state index in [2.05, 4.69) is 10.3 Å². The molecule has 0 aromatic carbocycles. The minimum Gasteiger partial charge on any atom is -0.476 e. The van der Waals surface area contributed by atoms with Crippen molar-refractivity contribution in [1.82, 2.24) is 4.98 Å². The number of fused-ring (bicyclic) bond motifs is 1. The van der Waals surface area contributed by atoms with Crippen LogP contribution in [0.3, 0.4) is 0 Å². The number of hydrogen-bond donors (Lipinski definition) is 1. The predicted octanol–water partition coefficient (Wildman–Crippen LogP) is 1.97. The molecule has 84 valence electrons. The second-order valence-corrected chi connectivity index (χ2v) is 4.42. The Kier molecular flexibility index (Phi) is 2.27. The summed E-state index contributed by atoms with van der Waals surface area (Å²) in [6.45, 7) is 0. The Morgan fingerprint density at radius 1 is 1.38 bits per heavy atom. The third kappa shape index (κ3) is 1.54. The van der Waals surface area contributed by atoms with Crippen LogP contribution in [0, 0.1) is 5.92 Å². The van der Waals surface area contributed by atoms with Crippen LogP contribution in [0.4, 0.5) is 5.82 Å². The smallest absolute Gasteiger partial charge is 0.266 e. The molecule has 1 aromatic heterocycles. The molecular weight excluding hydrogens is 204 g/mol. The molecule has 3 rings (SSSR count). The lowest BCUT2D eigenvalue weighted by Gasteiger charge is -2.28. The van der Waals surface area contributed by atoms with Crippen molar-refractivity contribution in [3.63, 3.8) is 0 Å². The van der Waals surface area contributed by atoms with Crippen LogP contribution < -0.4 is 10.1 Å². The third-order valence-corrected chi connectivity index (χ3v) is 3.35. The van der Waals surface area contributed by atoms with E-state index in [0.29, 0.717) is 17.5 Å². The summed E-state index contributed by atoms with van der Waals surface area (Å²) >= 11 is 0. The van der Waals surface area contributed by atoms with Gasteiger partial charge in [0, 0.05) is 12.1 Å². The van der Waals surface area contributed by atoms with E-state index < -0.39 is 0 Å². The molecule has 1 aromatic rings. The van der Waals surface area contributed by atoms with Gasteiger partial charge < -0.3 is 10.1 Å². The van der Waals surface area contributed by atoms with E-state index in [9.17, 15) is 4.79 Å². The van der Waals surface area contributed by atoms with E-state index in [0.717, 1.165) is 12.8 Å². The van der Waals surface area contributed by atoms with E-state index in [1.807, 2.05) is 12.1 Å². The first-order valence-corrected chi connectivity index (χ1v) is 5.77. The summed E-state index contributed by atoms with van der Waals surface area (Å²) in [4.78, 5) is 15.9. The average Bonchev–Trinajstić information content (AvgIpc) is 2.81. The van der Waals surface area contributed by atoms with Gasteiger partial charge in [0.15, 0.2) is 17.7 Å². The molecule has 0 radical (unpaired) electrons. The summed E-state index contributed by atoms with van der Waals surface area (Å²) in [6.07, 6.45) is 5.92. The fraction of sp³-hybridized carbons (Fsp3) is 0.500. The van der Waals surface area contributed by atoms with E-state index in [-0.39, 0.29) is 12.0 Å². The third-order valence-electron chi connectivity index (χ3n) is 3.35. The van der Waals surface area contributed by atoms with Crippen LogP contribution in [0.15, 0.2) is 18.3 Å². The first-order chi connectivity index (χ1) is 7.84. The van der Waals surface area contributed by atoms with Gasteiger partial charge in [0.1, 0.15) is 0 Å². The zero-order valence-corrected chi connectivity index (χ0v) is 8.98. The largest absolute Gasteiger partial charge is 0.476 e. The number of rotatable bonds is 1. The molecule has 1 aliphatic carbocycles. The Morgan fingerprint density at radius 2 is 2.19 bits per heavy atom. The fourth-order valence-corrected chi connectivity index (χ4v) is 2.53. The van der Waals surface area contributed by atoms with Gasteiger partial charge in [0.05, 0.1) is 0 Å². The second-order valence-electron chi connectivity index (χ2n) is 4.42. The summed E-state index contributed by atoms with van der Waals surface area (Å²) in [5.74, 6) is 1.56. The van der Waals surface area contributed by atoms with Gasteiger partial charge in [-0.3, -0.25) is 4.79 Å². The number of nitrogens with zero attached hydrogens (tertiary/aromatic N) is 1. The highest BCUT2D eigenvalue weighted by Gasteiger charge is 2.36. The molecular formula is C12H14N2O2. The van der Waals surface area contributed by atoms with Gasteiger partial charge in [0.2, 0.25) is 0 Å². The molecule has 4 nitrogen and oxygen atoms in total. The minimum atomic E-state index is -0.320. The van der Waals surface area contributed by atoms with E-state index >= 15 is 0 Å². The van der Waals surface area contributed by atoms with Crippen molar-refractivity contribution in [3.8, 4) is 5.75 Å². The lowest BCUT2D eigenvalue weighted by Crippen LogP contribution is -2.41. The molecule has 2 heterocycles. The first kappa shape index (κ1) is 9.63. The molecule has 1 unspecified atom stereocenters. The number of hydrogen-bond acceptors (Lipinski definition) is 3. The van der Waals surface area contributed by atoms with Crippen LogP contribution in [0.1, 0.15) is 25.7 Å². The first-order valence-electron chi connectivity index (χ1n) is 5.77. The second kappa shape index (κ2) is 3.77. The quantitative estimate of drug-likeness (QED) is 0.784. The van der Waals surface area contributed by atoms with Crippen LogP contribution >= 0.6 is 0 Å². The molecule has 0 spiro atoms. The number of nitrogens with one attached hydrogen (secondary N) is 1. The highest BCUT2D eigenvalue weighted by Crippen LogP contribution is 2.35. The number of anilines is 1. The van der Waals surface area contributed by atoms with Gasteiger partial charge in [-0.2, -0.15) is 0 Å². The van der Waals surface area contributed by atoms with Crippen molar-refractivity contribution < 1.29 is 9.53 Å². The number of ether oxygens (including phenoxy) is 1. The summed E-state index contributed by atoms with van der Waals surface area (Å²) in [5, 5.41) is 2.81. The molecule has 1 saturated carbocycles. The Balaban J connectivity index is 1.86. The summed E-state index contributed by atoms with van der Waals surface area (Å²) < 4.78 is 5.75. The molecule has 1 amide bonds. The monoisotopic (exact) mass is 218 g/mol. The number of carbonyl (C=O) groups is 1. The normalized spacial score (nSPS) is 24.8. The topological polar surface area (TPSA) is 51.2 Å². The summed E-state index contributed by atoms with van der Waals surface area (Å²) in [5.41, 5.74) is 0. The Bertz CT molecular complexity index is 413. The van der Waals surface area contributed by atoms with Crippen molar-refractivity contribution >= 4 is 11.7 Å². The Morgan fingerprint density at radius 3 is 3.00 bits per heavy atom. The molecule has 1 atom stereocenters. The van der Waals surface area contributed by atoms with Gasteiger partial charge in [0.25, 0.3) is 5.91 Å². The molecule has 1 fully saturated rings. The average molecular weight is 218 g/mol. The van der Waals surface area contributed by atoms with Gasteiger partial charge in [-0.05, 0) is 25.0 Å². The van der Waals surface area contributed by atoms with Crippen LogP contribution in [0.25, 0.3) is 0 Å². The maximum atomic E-state index is 11.9. The molecule has 0 saturated heterocycles. The van der Waals surface area contributed by atoms with Crippen molar-refractivity contribution in [2.45, 2.75) is 31.8 Å². The molecule has 0 bridgehead atoms. The fourth-order valence-electron chi connectivity index (χ4n) is 2.53. The van der Waals surface area contributed by atoms with Crippen LogP contribution in [-0.4, -0.2) is 17.0 Å². The number of pyridine rings is 1. The molecule has 1 N–H and O–H groups in total. The summed E-state index contributed by atoms with van der Waals surface area (Å²) in [7, 11) is 0. The van der Waals surface area contributed by atoms with Crippen molar-refractivity contribution in [2.75, 3.05) is 5.32 Å².